The summed E-state index contributed by atoms with van der Waals surface area (Å²) >= 11 is 3.34. The summed E-state index contributed by atoms with van der Waals surface area (Å²) in [5.41, 5.74) is 1.02. The molecular weight excluding hydrogens is 272 g/mol. The maximum atomic E-state index is 10.5. The van der Waals surface area contributed by atoms with Crippen molar-refractivity contribution in [3.05, 3.63) is 28.5 Å². The molecule has 1 aliphatic rings. The highest BCUT2D eigenvalue weighted by atomic mass is 79.9. The SMILES string of the molecule is O=C(O)CC1CN(Cc2ccc(Br)cn2)C1. The Morgan fingerprint density at radius 2 is 2.31 bits per heavy atom. The Morgan fingerprint density at radius 3 is 2.88 bits per heavy atom. The van der Waals surface area contributed by atoms with Crippen molar-refractivity contribution in [2.24, 2.45) is 5.92 Å². The second-order valence-electron chi connectivity index (χ2n) is 4.13. The number of carbonyl (C=O) groups is 1. The van der Waals surface area contributed by atoms with Crippen molar-refractivity contribution in [1.82, 2.24) is 9.88 Å². The minimum atomic E-state index is -0.702. The van der Waals surface area contributed by atoms with Gasteiger partial charge in [-0.25, -0.2) is 0 Å². The average molecular weight is 285 g/mol. The van der Waals surface area contributed by atoms with E-state index in [0.717, 1.165) is 29.8 Å². The molecule has 16 heavy (non-hydrogen) atoms. The number of halogens is 1. The molecule has 0 bridgehead atoms. The summed E-state index contributed by atoms with van der Waals surface area (Å²) in [6.07, 6.45) is 2.06. The molecule has 86 valence electrons. The number of aromatic nitrogens is 1. The number of likely N-dealkylation sites (tertiary alicyclic amines) is 1. The number of rotatable bonds is 4. The molecule has 2 heterocycles. The summed E-state index contributed by atoms with van der Waals surface area (Å²) in [5, 5.41) is 8.62. The van der Waals surface area contributed by atoms with Crippen LogP contribution in [0.5, 0.6) is 0 Å². The van der Waals surface area contributed by atoms with Gasteiger partial charge in [0.1, 0.15) is 0 Å². The van der Waals surface area contributed by atoms with E-state index in [1.165, 1.54) is 0 Å². The third-order valence-electron chi connectivity index (χ3n) is 2.67. The van der Waals surface area contributed by atoms with Gasteiger partial charge in [-0.1, -0.05) is 0 Å². The van der Waals surface area contributed by atoms with Crippen molar-refractivity contribution in [3.8, 4) is 0 Å². The third kappa shape index (κ3) is 3.02. The molecule has 0 aromatic carbocycles. The molecule has 4 nitrogen and oxygen atoms in total. The van der Waals surface area contributed by atoms with Crippen LogP contribution in [0.2, 0.25) is 0 Å². The second-order valence-corrected chi connectivity index (χ2v) is 5.04. The van der Waals surface area contributed by atoms with E-state index in [2.05, 4.69) is 25.8 Å². The van der Waals surface area contributed by atoms with Crippen molar-refractivity contribution < 1.29 is 9.90 Å². The third-order valence-corrected chi connectivity index (χ3v) is 3.14. The molecule has 0 aliphatic carbocycles. The van der Waals surface area contributed by atoms with Gasteiger partial charge in [-0.3, -0.25) is 14.7 Å². The van der Waals surface area contributed by atoms with E-state index in [0.29, 0.717) is 5.92 Å². The maximum Gasteiger partial charge on any atom is 0.303 e. The molecule has 1 aliphatic heterocycles. The Bertz CT molecular complexity index is 374. The highest BCUT2D eigenvalue weighted by molar-refractivity contribution is 9.10. The Balaban J connectivity index is 1.77. The number of pyridine rings is 1. The fraction of sp³-hybridized carbons (Fsp3) is 0.455. The molecule has 2 rings (SSSR count). The van der Waals surface area contributed by atoms with E-state index >= 15 is 0 Å². The highest BCUT2D eigenvalue weighted by Gasteiger charge is 2.28. The molecule has 0 spiro atoms. The van der Waals surface area contributed by atoms with Gasteiger partial charge in [-0.05, 0) is 34.0 Å². The molecule has 0 unspecified atom stereocenters. The number of hydrogen-bond acceptors (Lipinski definition) is 3. The molecule has 5 heteroatoms. The van der Waals surface area contributed by atoms with Gasteiger partial charge in [0.2, 0.25) is 0 Å². The van der Waals surface area contributed by atoms with Crippen molar-refractivity contribution in [2.45, 2.75) is 13.0 Å². The molecule has 1 aromatic heterocycles. The fourth-order valence-electron chi connectivity index (χ4n) is 1.91. The molecule has 0 saturated carbocycles. The largest absolute Gasteiger partial charge is 0.481 e. The van der Waals surface area contributed by atoms with E-state index in [1.807, 2.05) is 12.1 Å². The summed E-state index contributed by atoms with van der Waals surface area (Å²) in [6, 6.07) is 3.95. The minimum Gasteiger partial charge on any atom is -0.481 e. The first-order valence-corrected chi connectivity index (χ1v) is 5.97. The Kier molecular flexibility index (Phi) is 3.56. The monoisotopic (exact) mass is 284 g/mol. The highest BCUT2D eigenvalue weighted by Crippen LogP contribution is 2.21. The van der Waals surface area contributed by atoms with Crippen LogP contribution in [0.15, 0.2) is 22.8 Å². The lowest BCUT2D eigenvalue weighted by molar-refractivity contribution is -0.139. The van der Waals surface area contributed by atoms with Crippen LogP contribution < -0.4 is 0 Å². The molecular formula is C11H13BrN2O2. The van der Waals surface area contributed by atoms with E-state index in [-0.39, 0.29) is 6.42 Å². The van der Waals surface area contributed by atoms with Crippen LogP contribution >= 0.6 is 15.9 Å². The average Bonchev–Trinajstić information content (AvgIpc) is 2.17. The van der Waals surface area contributed by atoms with Crippen LogP contribution in [-0.2, 0) is 11.3 Å². The molecule has 0 radical (unpaired) electrons. The van der Waals surface area contributed by atoms with Crippen molar-refractivity contribution in [1.29, 1.82) is 0 Å². The van der Waals surface area contributed by atoms with E-state index < -0.39 is 5.97 Å². The predicted octanol–water partition coefficient (Wildman–Crippen LogP) is 1.75. The number of carboxylic acid groups (broad SMARTS) is 1. The Labute approximate surface area is 102 Å². The number of carboxylic acids is 1. The van der Waals surface area contributed by atoms with Crippen molar-refractivity contribution >= 4 is 21.9 Å². The van der Waals surface area contributed by atoms with E-state index in [4.69, 9.17) is 5.11 Å². The molecule has 1 N–H and O–H groups in total. The van der Waals surface area contributed by atoms with Gasteiger partial charge < -0.3 is 5.11 Å². The normalized spacial score (nSPS) is 17.1. The van der Waals surface area contributed by atoms with Crippen LogP contribution in [0.25, 0.3) is 0 Å². The molecule has 0 atom stereocenters. The summed E-state index contributed by atoms with van der Waals surface area (Å²) in [7, 11) is 0. The zero-order valence-corrected chi connectivity index (χ0v) is 10.4. The first-order chi connectivity index (χ1) is 7.63. The topological polar surface area (TPSA) is 53.4 Å². The summed E-state index contributed by atoms with van der Waals surface area (Å²) in [5.74, 6) is -0.389. The Morgan fingerprint density at radius 1 is 1.56 bits per heavy atom. The van der Waals surface area contributed by atoms with Gasteiger partial charge in [-0.2, -0.15) is 0 Å². The van der Waals surface area contributed by atoms with Gasteiger partial charge >= 0.3 is 5.97 Å². The van der Waals surface area contributed by atoms with Crippen molar-refractivity contribution in [2.75, 3.05) is 13.1 Å². The quantitative estimate of drug-likeness (QED) is 0.915. The van der Waals surface area contributed by atoms with Crippen LogP contribution in [0.4, 0.5) is 0 Å². The smallest absolute Gasteiger partial charge is 0.303 e. The molecule has 1 aromatic rings. The number of nitrogens with zero attached hydrogens (tertiary/aromatic N) is 2. The lowest BCUT2D eigenvalue weighted by atomic mass is 9.96. The molecule has 1 fully saturated rings. The van der Waals surface area contributed by atoms with Crippen LogP contribution in [0, 0.1) is 5.92 Å². The zero-order chi connectivity index (χ0) is 11.5. The standard InChI is InChI=1S/C11H13BrN2O2/c12-9-1-2-10(13-4-9)7-14-5-8(6-14)3-11(15)16/h1-2,4,8H,3,5-7H2,(H,15,16). The van der Waals surface area contributed by atoms with Gasteiger partial charge in [0.15, 0.2) is 0 Å². The number of aliphatic carboxylic acids is 1. The van der Waals surface area contributed by atoms with Gasteiger partial charge in [0, 0.05) is 30.3 Å². The van der Waals surface area contributed by atoms with E-state index in [9.17, 15) is 4.79 Å². The summed E-state index contributed by atoms with van der Waals surface area (Å²) < 4.78 is 0.976. The number of hydrogen-bond donors (Lipinski definition) is 1. The molecule has 0 amide bonds. The van der Waals surface area contributed by atoms with E-state index in [1.54, 1.807) is 6.20 Å². The first-order valence-electron chi connectivity index (χ1n) is 5.18. The van der Waals surface area contributed by atoms with Crippen molar-refractivity contribution in [3.63, 3.8) is 0 Å². The maximum absolute atomic E-state index is 10.5. The second kappa shape index (κ2) is 4.93. The molecule has 1 saturated heterocycles. The van der Waals surface area contributed by atoms with Crippen LogP contribution in [0.1, 0.15) is 12.1 Å². The summed E-state index contributed by atoms with van der Waals surface area (Å²) in [6.45, 7) is 2.54. The van der Waals surface area contributed by atoms with Gasteiger partial charge in [-0.15, -0.1) is 0 Å². The van der Waals surface area contributed by atoms with Gasteiger partial charge in [0.25, 0.3) is 0 Å². The zero-order valence-electron chi connectivity index (χ0n) is 8.77. The fourth-order valence-corrected chi connectivity index (χ4v) is 2.15. The van der Waals surface area contributed by atoms with Gasteiger partial charge in [0.05, 0.1) is 12.1 Å². The lowest BCUT2D eigenvalue weighted by Crippen LogP contribution is -2.46. The predicted molar refractivity (Wildman–Crippen MR) is 63.0 cm³/mol. The lowest BCUT2D eigenvalue weighted by Gasteiger charge is -2.38. The van der Waals surface area contributed by atoms with Crippen LogP contribution in [0.3, 0.4) is 0 Å². The first kappa shape index (κ1) is 11.5. The minimum absolute atomic E-state index is 0.282. The van der Waals surface area contributed by atoms with Crippen LogP contribution in [-0.4, -0.2) is 34.0 Å². The Hall–Kier alpha value is -0.940. The summed E-state index contributed by atoms with van der Waals surface area (Å²) in [4.78, 5) is 17.0.